The molecule has 0 aromatic heterocycles. The highest BCUT2D eigenvalue weighted by molar-refractivity contribution is 7.97. The van der Waals surface area contributed by atoms with Gasteiger partial charge in [-0.15, -0.1) is 25.3 Å². The Morgan fingerprint density at radius 3 is 0.881 bits per heavy atom. The second kappa shape index (κ2) is 11.1. The van der Waals surface area contributed by atoms with E-state index in [-0.39, 0.29) is 11.5 Å². The molecule has 0 unspecified atom stereocenters. The maximum Gasteiger partial charge on any atom is 0.216 e. The van der Waals surface area contributed by atoms with Crippen molar-refractivity contribution in [2.45, 2.75) is 105 Å². The Bertz CT molecular complexity index is 1380. The topological polar surface area (TPSA) is 74.6 Å². The maximum atomic E-state index is 13.1. The lowest BCUT2D eigenvalue weighted by Gasteiger charge is -2.30. The monoisotopic (exact) mass is 606 g/mol. The van der Waals surface area contributed by atoms with E-state index >= 15 is 0 Å². The Morgan fingerprint density at radius 1 is 0.500 bits per heavy atom. The smallest absolute Gasteiger partial charge is 0.216 e. The summed E-state index contributed by atoms with van der Waals surface area (Å²) in [5, 5.41) is 22.0. The molecule has 226 valence electrons. The van der Waals surface area contributed by atoms with E-state index in [0.717, 1.165) is 22.3 Å². The molecule has 0 aliphatic heterocycles. The molecule has 0 spiro atoms. The fourth-order valence-corrected chi connectivity index (χ4v) is 5.78. The van der Waals surface area contributed by atoms with E-state index in [1.54, 1.807) is 12.1 Å². The Hall–Kier alpha value is -2.70. The minimum absolute atomic E-state index is 0.218. The van der Waals surface area contributed by atoms with E-state index in [4.69, 9.17) is 0 Å². The van der Waals surface area contributed by atoms with Crippen LogP contribution in [0.1, 0.15) is 126 Å². The standard InChI is InChI=1S/C36H46O4S2/c1-33(2,3)23-15-19(16-24(29(23)37)34(4,5)6)27-21(31(39)41)13-14-22(32(40)42)28(27)20-17-25(35(7,8)9)30(38)26(18-20)36(10,11)12/h13-18,37-38H,1-12H3,(H,39,41)(H,40,42). The number of hydrogen-bond donors (Lipinski definition) is 4. The molecule has 3 aromatic rings. The van der Waals surface area contributed by atoms with Crippen molar-refractivity contribution in [3.63, 3.8) is 0 Å². The Labute approximate surface area is 262 Å². The molecule has 0 atom stereocenters. The zero-order valence-electron chi connectivity index (χ0n) is 27.1. The molecule has 0 fully saturated rings. The summed E-state index contributed by atoms with van der Waals surface area (Å²) < 4.78 is 0. The van der Waals surface area contributed by atoms with Gasteiger partial charge in [0.1, 0.15) is 11.5 Å². The molecule has 42 heavy (non-hydrogen) atoms. The van der Waals surface area contributed by atoms with Gasteiger partial charge in [-0.3, -0.25) is 9.59 Å². The minimum Gasteiger partial charge on any atom is -0.507 e. The molecule has 6 heteroatoms. The van der Waals surface area contributed by atoms with Crippen LogP contribution in [0.25, 0.3) is 22.3 Å². The predicted molar refractivity (Wildman–Crippen MR) is 182 cm³/mol. The van der Waals surface area contributed by atoms with Crippen LogP contribution in [-0.2, 0) is 21.7 Å². The van der Waals surface area contributed by atoms with Gasteiger partial charge < -0.3 is 10.2 Å². The number of phenolic OH excluding ortho intramolecular Hbond substituents is 2. The first-order chi connectivity index (χ1) is 18.9. The summed E-state index contributed by atoms with van der Waals surface area (Å²) in [4.78, 5) is 26.2. The normalized spacial score (nSPS) is 12.9. The molecule has 4 nitrogen and oxygen atoms in total. The van der Waals surface area contributed by atoms with Crippen LogP contribution in [0.3, 0.4) is 0 Å². The van der Waals surface area contributed by atoms with Crippen LogP contribution in [0.5, 0.6) is 11.5 Å². The summed E-state index contributed by atoms with van der Waals surface area (Å²) >= 11 is 8.51. The van der Waals surface area contributed by atoms with Crippen molar-refractivity contribution in [2.24, 2.45) is 0 Å². The van der Waals surface area contributed by atoms with Crippen LogP contribution in [-0.4, -0.2) is 20.4 Å². The molecule has 0 saturated carbocycles. The van der Waals surface area contributed by atoms with Gasteiger partial charge in [-0.1, -0.05) is 83.1 Å². The highest BCUT2D eigenvalue weighted by Crippen LogP contribution is 2.48. The van der Waals surface area contributed by atoms with E-state index in [2.05, 4.69) is 25.3 Å². The number of carbonyl (C=O) groups is 2. The number of benzene rings is 3. The van der Waals surface area contributed by atoms with Crippen molar-refractivity contribution in [1.82, 2.24) is 0 Å². The highest BCUT2D eigenvalue weighted by Gasteiger charge is 2.32. The van der Waals surface area contributed by atoms with Gasteiger partial charge in [-0.2, -0.15) is 0 Å². The molecule has 3 rings (SSSR count). The van der Waals surface area contributed by atoms with Crippen LogP contribution >= 0.6 is 25.3 Å². The summed E-state index contributed by atoms with van der Waals surface area (Å²) in [6, 6.07) is 10.9. The van der Waals surface area contributed by atoms with Crippen molar-refractivity contribution < 1.29 is 19.8 Å². The van der Waals surface area contributed by atoms with Crippen LogP contribution in [0.4, 0.5) is 0 Å². The molecular formula is C36H46O4S2. The largest absolute Gasteiger partial charge is 0.507 e. The Kier molecular flexibility index (Phi) is 8.93. The highest BCUT2D eigenvalue weighted by atomic mass is 32.1. The summed E-state index contributed by atoms with van der Waals surface area (Å²) in [5.41, 5.74) is 4.37. The van der Waals surface area contributed by atoms with E-state index in [0.29, 0.717) is 33.4 Å². The van der Waals surface area contributed by atoms with Gasteiger partial charge in [0.25, 0.3) is 0 Å². The lowest BCUT2D eigenvalue weighted by molar-refractivity contribution is 0.108. The number of thiol groups is 2. The first-order valence-corrected chi connectivity index (χ1v) is 15.2. The van der Waals surface area contributed by atoms with Crippen LogP contribution in [0.2, 0.25) is 0 Å². The summed E-state index contributed by atoms with van der Waals surface area (Å²) in [6.07, 6.45) is 0. The third kappa shape index (κ3) is 6.60. The molecular weight excluding hydrogens is 561 g/mol. The van der Waals surface area contributed by atoms with Crippen LogP contribution < -0.4 is 0 Å². The average molecular weight is 607 g/mol. The Morgan fingerprint density at radius 2 is 0.714 bits per heavy atom. The second-order valence-corrected chi connectivity index (χ2v) is 16.2. The van der Waals surface area contributed by atoms with Crippen molar-refractivity contribution in [2.75, 3.05) is 0 Å². The lowest BCUT2D eigenvalue weighted by Crippen LogP contribution is -2.18. The van der Waals surface area contributed by atoms with Gasteiger partial charge in [0.05, 0.1) is 0 Å². The minimum atomic E-state index is -0.446. The number of carbonyl (C=O) groups excluding carboxylic acids is 2. The fourth-order valence-electron chi connectivity index (χ4n) is 5.40. The maximum absolute atomic E-state index is 13.1. The van der Waals surface area contributed by atoms with Crippen LogP contribution in [0, 0.1) is 0 Å². The zero-order valence-corrected chi connectivity index (χ0v) is 28.9. The summed E-state index contributed by atoms with van der Waals surface area (Å²) in [7, 11) is 0. The molecule has 0 amide bonds. The van der Waals surface area contributed by atoms with Gasteiger partial charge in [-0.05, 0) is 69.2 Å². The molecule has 0 radical (unpaired) electrons. The van der Waals surface area contributed by atoms with Crippen molar-refractivity contribution in [3.05, 3.63) is 69.8 Å². The van der Waals surface area contributed by atoms with Gasteiger partial charge in [0.2, 0.25) is 10.2 Å². The molecule has 0 aliphatic carbocycles. The van der Waals surface area contributed by atoms with Crippen molar-refractivity contribution in [3.8, 4) is 33.8 Å². The van der Waals surface area contributed by atoms with E-state index in [1.165, 1.54) is 0 Å². The third-order valence-corrected chi connectivity index (χ3v) is 8.18. The molecule has 0 bridgehead atoms. The molecule has 2 N–H and O–H groups in total. The van der Waals surface area contributed by atoms with Crippen LogP contribution in [0.15, 0.2) is 36.4 Å². The Balaban J connectivity index is 2.72. The first kappa shape index (κ1) is 33.8. The lowest BCUT2D eigenvalue weighted by atomic mass is 9.75. The SMILES string of the molecule is CC(C)(C)c1cc(-c2c(C(=O)S)ccc(C(=O)S)c2-c2cc(C(C)(C)C)c(O)c(C(C)(C)C)c2)cc(C(C)(C)C)c1O. The second-order valence-electron chi connectivity index (χ2n) is 15.4. The third-order valence-electron chi connectivity index (χ3n) is 7.70. The van der Waals surface area contributed by atoms with Gasteiger partial charge in [-0.25, -0.2) is 0 Å². The van der Waals surface area contributed by atoms with E-state index in [9.17, 15) is 19.8 Å². The molecule has 0 saturated heterocycles. The summed E-state index contributed by atoms with van der Waals surface area (Å²) in [5.74, 6) is 0.435. The quantitative estimate of drug-likeness (QED) is 0.223. The molecule has 0 aliphatic rings. The first-order valence-electron chi connectivity index (χ1n) is 14.3. The van der Waals surface area contributed by atoms with Gasteiger partial charge in [0.15, 0.2) is 0 Å². The van der Waals surface area contributed by atoms with Gasteiger partial charge in [0, 0.05) is 44.5 Å². The van der Waals surface area contributed by atoms with E-state index in [1.807, 2.05) is 107 Å². The zero-order chi connectivity index (χ0) is 32.3. The predicted octanol–water partition coefficient (Wildman–Crippen LogP) is 9.76. The van der Waals surface area contributed by atoms with E-state index < -0.39 is 31.9 Å². The number of phenols is 2. The number of rotatable bonds is 4. The van der Waals surface area contributed by atoms with Gasteiger partial charge >= 0.3 is 0 Å². The molecule has 0 heterocycles. The summed E-state index contributed by atoms with van der Waals surface area (Å²) in [6.45, 7) is 24.4. The average Bonchev–Trinajstić information content (AvgIpc) is 2.80. The van der Waals surface area contributed by atoms with Crippen molar-refractivity contribution >= 4 is 35.5 Å². The van der Waals surface area contributed by atoms with Crippen molar-refractivity contribution in [1.29, 1.82) is 0 Å². The number of hydrogen-bond acceptors (Lipinski definition) is 4. The number of aromatic hydroxyl groups is 2. The fraction of sp³-hybridized carbons (Fsp3) is 0.444. The molecule has 3 aromatic carbocycles.